The van der Waals surface area contributed by atoms with E-state index < -0.39 is 11.9 Å². The number of benzene rings is 2. The molecular formula is C19H19NO4. The Labute approximate surface area is 140 Å². The van der Waals surface area contributed by atoms with Crippen molar-refractivity contribution in [1.82, 2.24) is 0 Å². The lowest BCUT2D eigenvalue weighted by atomic mass is 9.81. The summed E-state index contributed by atoms with van der Waals surface area (Å²) >= 11 is 0. The third kappa shape index (κ3) is 3.40. The maximum Gasteiger partial charge on any atom is 0.304 e. The molecular weight excluding hydrogens is 306 g/mol. The number of carboxylic acid groups (broad SMARTS) is 1. The van der Waals surface area contributed by atoms with Gasteiger partial charge in [0.25, 0.3) is 0 Å². The van der Waals surface area contributed by atoms with E-state index in [9.17, 15) is 9.59 Å². The Hall–Kier alpha value is -2.82. The van der Waals surface area contributed by atoms with Crippen molar-refractivity contribution in [2.45, 2.75) is 25.9 Å². The van der Waals surface area contributed by atoms with Crippen molar-refractivity contribution in [2.24, 2.45) is 5.92 Å². The van der Waals surface area contributed by atoms with Gasteiger partial charge in [-0.3, -0.25) is 9.59 Å². The van der Waals surface area contributed by atoms with Crippen LogP contribution < -0.4 is 10.5 Å². The Balaban J connectivity index is 1.72. The zero-order chi connectivity index (χ0) is 17.1. The van der Waals surface area contributed by atoms with Gasteiger partial charge in [0.15, 0.2) is 5.78 Å². The first kappa shape index (κ1) is 16.1. The number of carboxylic acids is 1. The largest absolute Gasteiger partial charge is 0.489 e. The van der Waals surface area contributed by atoms with Gasteiger partial charge >= 0.3 is 5.97 Å². The van der Waals surface area contributed by atoms with Crippen molar-refractivity contribution >= 4 is 17.4 Å². The second-order valence-electron chi connectivity index (χ2n) is 6.00. The molecule has 3 N–H and O–H groups in total. The SMILES string of the molecule is Nc1ccccc1COc1ccc2c(c1)CCC(CC(=O)O)C2=O. The second-order valence-corrected chi connectivity index (χ2v) is 6.00. The zero-order valence-corrected chi connectivity index (χ0v) is 13.2. The van der Waals surface area contributed by atoms with E-state index in [0.29, 0.717) is 36.4 Å². The van der Waals surface area contributed by atoms with Gasteiger partial charge in [-0.05, 0) is 42.7 Å². The molecule has 2 aromatic rings. The molecule has 1 aliphatic carbocycles. The molecule has 0 bridgehead atoms. The maximum atomic E-state index is 12.4. The predicted molar refractivity (Wildman–Crippen MR) is 90.0 cm³/mol. The Morgan fingerprint density at radius 1 is 1.25 bits per heavy atom. The van der Waals surface area contributed by atoms with E-state index in [1.54, 1.807) is 12.1 Å². The number of carbonyl (C=O) groups excluding carboxylic acids is 1. The normalized spacial score (nSPS) is 16.5. The van der Waals surface area contributed by atoms with E-state index in [2.05, 4.69) is 0 Å². The first-order valence-corrected chi connectivity index (χ1v) is 7.89. The number of aliphatic carboxylic acids is 1. The summed E-state index contributed by atoms with van der Waals surface area (Å²) < 4.78 is 5.78. The molecule has 0 aliphatic heterocycles. The monoisotopic (exact) mass is 325 g/mol. The molecule has 0 saturated carbocycles. The van der Waals surface area contributed by atoms with E-state index in [4.69, 9.17) is 15.6 Å². The van der Waals surface area contributed by atoms with Gasteiger partial charge in [-0.15, -0.1) is 0 Å². The van der Waals surface area contributed by atoms with Crippen molar-refractivity contribution in [3.63, 3.8) is 0 Å². The number of hydrogen-bond acceptors (Lipinski definition) is 4. The molecule has 0 heterocycles. The van der Waals surface area contributed by atoms with Gasteiger partial charge in [0.2, 0.25) is 0 Å². The molecule has 1 unspecified atom stereocenters. The molecule has 1 aliphatic rings. The van der Waals surface area contributed by atoms with Gasteiger partial charge in [-0.25, -0.2) is 0 Å². The number of aryl methyl sites for hydroxylation is 1. The van der Waals surface area contributed by atoms with Crippen molar-refractivity contribution in [2.75, 3.05) is 5.73 Å². The van der Waals surface area contributed by atoms with Crippen LogP contribution in [0.5, 0.6) is 5.75 Å². The van der Waals surface area contributed by atoms with Crippen molar-refractivity contribution in [3.8, 4) is 5.75 Å². The van der Waals surface area contributed by atoms with E-state index in [1.807, 2.05) is 30.3 Å². The minimum atomic E-state index is -0.933. The van der Waals surface area contributed by atoms with Gasteiger partial charge in [-0.1, -0.05) is 18.2 Å². The molecule has 24 heavy (non-hydrogen) atoms. The Morgan fingerprint density at radius 2 is 2.04 bits per heavy atom. The summed E-state index contributed by atoms with van der Waals surface area (Å²) in [6.07, 6.45) is 1.14. The molecule has 0 aromatic heterocycles. The highest BCUT2D eigenvalue weighted by Gasteiger charge is 2.29. The van der Waals surface area contributed by atoms with E-state index in [0.717, 1.165) is 11.1 Å². The Bertz CT molecular complexity index is 785. The maximum absolute atomic E-state index is 12.4. The number of Topliss-reactive ketones (excluding diaryl/α,β-unsaturated/α-hetero) is 1. The number of rotatable bonds is 5. The van der Waals surface area contributed by atoms with E-state index in [1.165, 1.54) is 0 Å². The summed E-state index contributed by atoms with van der Waals surface area (Å²) in [6, 6.07) is 12.9. The van der Waals surface area contributed by atoms with Gasteiger partial charge in [0.05, 0.1) is 6.42 Å². The fourth-order valence-electron chi connectivity index (χ4n) is 3.02. The highest BCUT2D eigenvalue weighted by Crippen LogP contribution is 2.30. The second kappa shape index (κ2) is 6.74. The quantitative estimate of drug-likeness (QED) is 0.825. The van der Waals surface area contributed by atoms with Gasteiger partial charge in [-0.2, -0.15) is 0 Å². The molecule has 0 amide bonds. The first-order valence-electron chi connectivity index (χ1n) is 7.89. The molecule has 1 atom stereocenters. The summed E-state index contributed by atoms with van der Waals surface area (Å²) in [7, 11) is 0. The molecule has 2 aromatic carbocycles. The molecule has 5 heteroatoms. The molecule has 0 saturated heterocycles. The average molecular weight is 325 g/mol. The summed E-state index contributed by atoms with van der Waals surface area (Å²) in [5, 5.41) is 8.89. The topological polar surface area (TPSA) is 89.6 Å². The van der Waals surface area contributed by atoms with Crippen LogP contribution in [0.25, 0.3) is 0 Å². The lowest BCUT2D eigenvalue weighted by Gasteiger charge is -2.22. The van der Waals surface area contributed by atoms with E-state index in [-0.39, 0.29) is 12.2 Å². The van der Waals surface area contributed by atoms with Crippen LogP contribution in [0, 0.1) is 5.92 Å². The number of fused-ring (bicyclic) bond motifs is 1. The van der Waals surface area contributed by atoms with Crippen LogP contribution in [0.2, 0.25) is 0 Å². The number of ether oxygens (including phenoxy) is 1. The molecule has 0 fully saturated rings. The van der Waals surface area contributed by atoms with Crippen LogP contribution in [-0.2, 0) is 17.8 Å². The molecule has 124 valence electrons. The van der Waals surface area contributed by atoms with Crippen molar-refractivity contribution < 1.29 is 19.4 Å². The number of nitrogens with two attached hydrogens (primary N) is 1. The minimum absolute atomic E-state index is 0.0856. The van der Waals surface area contributed by atoms with Gasteiger partial charge in [0, 0.05) is 22.7 Å². The lowest BCUT2D eigenvalue weighted by molar-refractivity contribution is -0.137. The average Bonchev–Trinajstić information content (AvgIpc) is 2.56. The third-order valence-corrected chi connectivity index (χ3v) is 4.35. The Morgan fingerprint density at radius 3 is 2.79 bits per heavy atom. The predicted octanol–water partition coefficient (Wildman–Crippen LogP) is 3.07. The van der Waals surface area contributed by atoms with Crippen LogP contribution >= 0.6 is 0 Å². The first-order chi connectivity index (χ1) is 11.5. The summed E-state index contributed by atoms with van der Waals surface area (Å²) in [5.74, 6) is -0.762. The number of nitrogen functional groups attached to an aromatic ring is 1. The van der Waals surface area contributed by atoms with Crippen LogP contribution in [0.1, 0.15) is 34.3 Å². The highest BCUT2D eigenvalue weighted by molar-refractivity contribution is 6.01. The lowest BCUT2D eigenvalue weighted by Crippen LogP contribution is -2.24. The molecule has 0 radical (unpaired) electrons. The number of carbonyl (C=O) groups is 2. The van der Waals surface area contributed by atoms with E-state index >= 15 is 0 Å². The molecule has 5 nitrogen and oxygen atoms in total. The van der Waals surface area contributed by atoms with Crippen molar-refractivity contribution in [1.29, 1.82) is 0 Å². The summed E-state index contributed by atoms with van der Waals surface area (Å²) in [4.78, 5) is 23.2. The number of ketones is 1. The summed E-state index contributed by atoms with van der Waals surface area (Å²) in [5.41, 5.74) is 9.02. The van der Waals surface area contributed by atoms with Gasteiger partial charge in [0.1, 0.15) is 12.4 Å². The Kier molecular flexibility index (Phi) is 4.51. The smallest absolute Gasteiger partial charge is 0.304 e. The zero-order valence-electron chi connectivity index (χ0n) is 13.2. The summed E-state index contributed by atoms with van der Waals surface area (Å²) in [6.45, 7) is 0.362. The number of para-hydroxylation sites is 1. The number of hydrogen-bond donors (Lipinski definition) is 2. The number of anilines is 1. The minimum Gasteiger partial charge on any atom is -0.489 e. The fourth-order valence-corrected chi connectivity index (χ4v) is 3.02. The highest BCUT2D eigenvalue weighted by atomic mass is 16.5. The molecule has 0 spiro atoms. The van der Waals surface area contributed by atoms with Crippen LogP contribution in [-0.4, -0.2) is 16.9 Å². The van der Waals surface area contributed by atoms with Crippen LogP contribution in [0.3, 0.4) is 0 Å². The van der Waals surface area contributed by atoms with Crippen LogP contribution in [0.4, 0.5) is 5.69 Å². The third-order valence-electron chi connectivity index (χ3n) is 4.35. The van der Waals surface area contributed by atoms with Gasteiger partial charge < -0.3 is 15.6 Å². The van der Waals surface area contributed by atoms with Crippen LogP contribution in [0.15, 0.2) is 42.5 Å². The van der Waals surface area contributed by atoms with Crippen molar-refractivity contribution in [3.05, 3.63) is 59.2 Å². The molecule has 3 rings (SSSR count). The fraction of sp³-hybridized carbons (Fsp3) is 0.263. The standard InChI is InChI=1S/C19H19NO4/c20-17-4-2-1-3-14(17)11-24-15-7-8-16-12(9-15)5-6-13(19(16)23)10-18(21)22/h1-4,7-9,13H,5-6,10-11,20H2,(H,21,22).